The molecule has 1 aliphatic rings. The quantitative estimate of drug-likeness (QED) is 0.524. The zero-order valence-electron chi connectivity index (χ0n) is 12.3. The standard InChI is InChI=1S/C12H16F8N2O2/c13-8(14)10(15,16)12(19,20)11(17,18)9(23)21-2-1-3-22-4-6-24-7-5-22/h8H,1-7H2,(H,21,23). The summed E-state index contributed by atoms with van der Waals surface area (Å²) in [6.07, 6.45) is -4.97. The molecule has 142 valence electrons. The Labute approximate surface area is 132 Å². The summed E-state index contributed by atoms with van der Waals surface area (Å²) in [4.78, 5) is 12.9. The van der Waals surface area contributed by atoms with Gasteiger partial charge in [-0.1, -0.05) is 0 Å². The molecule has 1 aliphatic heterocycles. The van der Waals surface area contributed by atoms with E-state index in [1.807, 2.05) is 4.90 Å². The molecule has 1 heterocycles. The molecule has 0 aromatic rings. The van der Waals surface area contributed by atoms with Crippen molar-refractivity contribution in [2.75, 3.05) is 39.4 Å². The normalized spacial score (nSPS) is 18.0. The van der Waals surface area contributed by atoms with Gasteiger partial charge in [0.15, 0.2) is 0 Å². The molecule has 1 rings (SSSR count). The summed E-state index contributed by atoms with van der Waals surface area (Å²) in [7, 11) is 0. The molecule has 24 heavy (non-hydrogen) atoms. The molecular weight excluding hydrogens is 356 g/mol. The number of amides is 1. The Hall–Kier alpha value is -1.17. The van der Waals surface area contributed by atoms with Gasteiger partial charge >= 0.3 is 24.2 Å². The van der Waals surface area contributed by atoms with Crippen LogP contribution in [0.2, 0.25) is 0 Å². The third kappa shape index (κ3) is 4.26. The SMILES string of the molecule is O=C(NCCCN1CCOCC1)C(F)(F)C(F)(F)C(F)(F)C(F)F. The molecule has 4 nitrogen and oxygen atoms in total. The summed E-state index contributed by atoms with van der Waals surface area (Å²) in [5, 5.41) is 1.37. The van der Waals surface area contributed by atoms with Crippen molar-refractivity contribution in [3.05, 3.63) is 0 Å². The summed E-state index contributed by atoms with van der Waals surface area (Å²) in [6, 6.07) is 0. The first-order valence-corrected chi connectivity index (χ1v) is 6.94. The minimum Gasteiger partial charge on any atom is -0.379 e. The van der Waals surface area contributed by atoms with E-state index in [1.165, 1.54) is 5.32 Å². The molecule has 0 aliphatic carbocycles. The monoisotopic (exact) mass is 372 g/mol. The largest absolute Gasteiger partial charge is 0.392 e. The van der Waals surface area contributed by atoms with Crippen molar-refractivity contribution in [1.29, 1.82) is 0 Å². The first kappa shape index (κ1) is 20.9. The zero-order valence-corrected chi connectivity index (χ0v) is 12.3. The van der Waals surface area contributed by atoms with Gasteiger partial charge in [-0.15, -0.1) is 0 Å². The van der Waals surface area contributed by atoms with E-state index in [1.54, 1.807) is 0 Å². The lowest BCUT2D eigenvalue weighted by atomic mass is 10.0. The molecule has 0 unspecified atom stereocenters. The van der Waals surface area contributed by atoms with Crippen LogP contribution in [0.5, 0.6) is 0 Å². The van der Waals surface area contributed by atoms with Crippen LogP contribution >= 0.6 is 0 Å². The Morgan fingerprint density at radius 2 is 1.62 bits per heavy atom. The van der Waals surface area contributed by atoms with Crippen molar-refractivity contribution in [3.8, 4) is 0 Å². The molecule has 1 N–H and O–H groups in total. The Balaban J connectivity index is 2.55. The number of morpholine rings is 1. The van der Waals surface area contributed by atoms with E-state index in [9.17, 15) is 39.9 Å². The highest BCUT2D eigenvalue weighted by Gasteiger charge is 2.78. The van der Waals surface area contributed by atoms with Gasteiger partial charge in [0.05, 0.1) is 13.2 Å². The van der Waals surface area contributed by atoms with Crippen LogP contribution < -0.4 is 5.32 Å². The van der Waals surface area contributed by atoms with Crippen molar-refractivity contribution >= 4 is 5.91 Å². The van der Waals surface area contributed by atoms with E-state index < -0.39 is 36.6 Å². The van der Waals surface area contributed by atoms with Crippen molar-refractivity contribution in [3.63, 3.8) is 0 Å². The van der Waals surface area contributed by atoms with Crippen molar-refractivity contribution in [2.45, 2.75) is 30.6 Å². The molecule has 0 spiro atoms. The van der Waals surface area contributed by atoms with Crippen LogP contribution in [0.4, 0.5) is 35.1 Å². The molecule has 0 aromatic heterocycles. The third-order valence-corrected chi connectivity index (χ3v) is 3.41. The van der Waals surface area contributed by atoms with Crippen LogP contribution in [-0.4, -0.2) is 74.4 Å². The number of nitrogens with zero attached hydrogens (tertiary/aromatic N) is 1. The fraction of sp³-hybridized carbons (Fsp3) is 0.917. The first-order valence-electron chi connectivity index (χ1n) is 6.94. The van der Waals surface area contributed by atoms with Crippen molar-refractivity contribution < 1.29 is 44.7 Å². The molecule has 0 bridgehead atoms. The lowest BCUT2D eigenvalue weighted by molar-refractivity contribution is -0.327. The molecule has 0 aromatic carbocycles. The second kappa shape index (κ2) is 7.81. The van der Waals surface area contributed by atoms with E-state index in [2.05, 4.69) is 0 Å². The number of ether oxygens (including phenoxy) is 1. The molecule has 1 amide bonds. The van der Waals surface area contributed by atoms with Gasteiger partial charge in [-0.2, -0.15) is 26.3 Å². The van der Waals surface area contributed by atoms with E-state index >= 15 is 0 Å². The summed E-state index contributed by atoms with van der Waals surface area (Å²) < 4.78 is 107. The van der Waals surface area contributed by atoms with E-state index in [4.69, 9.17) is 4.74 Å². The second-order valence-corrected chi connectivity index (χ2v) is 5.14. The molecule has 0 atom stereocenters. The smallest absolute Gasteiger partial charge is 0.379 e. The molecular formula is C12H16F8N2O2. The maximum Gasteiger partial charge on any atom is 0.392 e. The molecule has 1 saturated heterocycles. The fourth-order valence-electron chi connectivity index (χ4n) is 1.93. The highest BCUT2D eigenvalue weighted by Crippen LogP contribution is 2.48. The van der Waals surface area contributed by atoms with Crippen LogP contribution in [-0.2, 0) is 9.53 Å². The van der Waals surface area contributed by atoms with Crippen LogP contribution in [0.15, 0.2) is 0 Å². The van der Waals surface area contributed by atoms with Crippen LogP contribution in [0.1, 0.15) is 6.42 Å². The van der Waals surface area contributed by atoms with E-state index in [0.717, 1.165) is 0 Å². The number of rotatable bonds is 8. The number of hydrogen-bond acceptors (Lipinski definition) is 3. The minimum absolute atomic E-state index is 0.0820. The average molecular weight is 372 g/mol. The summed E-state index contributed by atoms with van der Waals surface area (Å²) in [6.45, 7) is 1.87. The number of halogens is 8. The number of nitrogens with one attached hydrogen (secondary N) is 1. The Bertz CT molecular complexity index is 427. The molecule has 1 fully saturated rings. The van der Waals surface area contributed by atoms with E-state index in [0.29, 0.717) is 32.8 Å². The molecule has 0 radical (unpaired) electrons. The van der Waals surface area contributed by atoms with Gasteiger partial charge in [0, 0.05) is 19.6 Å². The number of alkyl halides is 8. The zero-order chi connectivity index (χ0) is 18.6. The predicted molar refractivity (Wildman–Crippen MR) is 65.7 cm³/mol. The van der Waals surface area contributed by atoms with E-state index in [-0.39, 0.29) is 6.42 Å². The van der Waals surface area contributed by atoms with Crippen LogP contribution in [0.25, 0.3) is 0 Å². The number of hydrogen-bond donors (Lipinski definition) is 1. The second-order valence-electron chi connectivity index (χ2n) is 5.14. The fourth-order valence-corrected chi connectivity index (χ4v) is 1.93. The van der Waals surface area contributed by atoms with Crippen LogP contribution in [0.3, 0.4) is 0 Å². The number of carbonyl (C=O) groups is 1. The topological polar surface area (TPSA) is 41.6 Å². The highest BCUT2D eigenvalue weighted by atomic mass is 19.4. The maximum atomic E-state index is 13.2. The van der Waals surface area contributed by atoms with Gasteiger partial charge in [-0.05, 0) is 13.0 Å². The first-order chi connectivity index (χ1) is 10.9. The average Bonchev–Trinajstić information content (AvgIpc) is 2.51. The van der Waals surface area contributed by atoms with Gasteiger partial charge in [-0.25, -0.2) is 8.78 Å². The van der Waals surface area contributed by atoms with Crippen molar-refractivity contribution in [1.82, 2.24) is 10.2 Å². The number of carbonyl (C=O) groups excluding carboxylic acids is 1. The molecule has 0 saturated carbocycles. The van der Waals surface area contributed by atoms with Gasteiger partial charge in [-0.3, -0.25) is 9.69 Å². The summed E-state index contributed by atoms with van der Waals surface area (Å²) in [5.74, 6) is -21.6. The lowest BCUT2D eigenvalue weighted by Gasteiger charge is -2.31. The van der Waals surface area contributed by atoms with Crippen LogP contribution in [0, 0.1) is 0 Å². The molecule has 12 heteroatoms. The van der Waals surface area contributed by atoms with Gasteiger partial charge in [0.1, 0.15) is 0 Å². The summed E-state index contributed by atoms with van der Waals surface area (Å²) in [5.41, 5.74) is 0. The lowest BCUT2D eigenvalue weighted by Crippen LogP contribution is -2.63. The third-order valence-electron chi connectivity index (χ3n) is 3.41. The van der Waals surface area contributed by atoms with Gasteiger partial charge < -0.3 is 10.1 Å². The minimum atomic E-state index is -6.53. The Morgan fingerprint density at radius 3 is 2.12 bits per heavy atom. The summed E-state index contributed by atoms with van der Waals surface area (Å²) >= 11 is 0. The Kier molecular flexibility index (Phi) is 6.79. The predicted octanol–water partition coefficient (Wildman–Crippen LogP) is 2.00. The maximum absolute atomic E-state index is 13.2. The van der Waals surface area contributed by atoms with Gasteiger partial charge in [0.25, 0.3) is 5.91 Å². The van der Waals surface area contributed by atoms with Crippen molar-refractivity contribution in [2.24, 2.45) is 0 Å². The van der Waals surface area contributed by atoms with Gasteiger partial charge in [0.2, 0.25) is 0 Å². The Morgan fingerprint density at radius 1 is 1.08 bits per heavy atom. The highest BCUT2D eigenvalue weighted by molar-refractivity contribution is 5.84.